The van der Waals surface area contributed by atoms with Crippen LogP contribution in [0.3, 0.4) is 0 Å². The Balaban J connectivity index is 3.27. The van der Waals surface area contributed by atoms with Gasteiger partial charge in [-0.05, 0) is 13.0 Å². The first-order chi connectivity index (χ1) is 6.64. The van der Waals surface area contributed by atoms with Gasteiger partial charge in [0.05, 0.1) is 0 Å². The average molecular weight is 162 g/mol. The molecular weight excluding hydrogens is 148 g/mol. The van der Waals surface area contributed by atoms with Crippen LogP contribution in [0.15, 0.2) is 6.07 Å². The van der Waals surface area contributed by atoms with Gasteiger partial charge in [-0.25, -0.2) is 9.97 Å². The lowest BCUT2D eigenvalue weighted by molar-refractivity contribution is 0.918. The summed E-state index contributed by atoms with van der Waals surface area (Å²) >= 11 is 5.60. The summed E-state index contributed by atoms with van der Waals surface area (Å²) in [5.74, 6) is -0.410. The monoisotopic (exact) mass is 161 g/mol. The lowest BCUT2D eigenvalue weighted by Crippen LogP contribution is -1.94. The number of halogens is 1. The zero-order valence-electron chi connectivity index (χ0n) is 10.3. The van der Waals surface area contributed by atoms with Crippen LogP contribution >= 0.6 is 11.6 Å². The van der Waals surface area contributed by atoms with Gasteiger partial charge in [0, 0.05) is 18.9 Å². The van der Waals surface area contributed by atoms with Gasteiger partial charge in [0.1, 0.15) is 11.0 Å². The van der Waals surface area contributed by atoms with Crippen LogP contribution < -0.4 is 0 Å². The number of aromatic nitrogens is 2. The van der Waals surface area contributed by atoms with Crippen LogP contribution in [0.1, 0.15) is 25.2 Å². The predicted molar refractivity (Wildman–Crippen MR) is 41.2 cm³/mol. The molecule has 0 aliphatic carbocycles. The average Bonchev–Trinajstić information content (AvgIpc) is 1.99. The summed E-state index contributed by atoms with van der Waals surface area (Å²) in [4.78, 5) is 7.33. The third-order valence-electron chi connectivity index (χ3n) is 0.935. The van der Waals surface area contributed by atoms with Gasteiger partial charge in [-0.15, -0.1) is 0 Å². The van der Waals surface area contributed by atoms with Crippen molar-refractivity contribution in [3.8, 4) is 0 Å². The van der Waals surface area contributed by atoms with E-state index in [9.17, 15) is 0 Å². The van der Waals surface area contributed by atoms with Crippen molar-refractivity contribution in [3.05, 3.63) is 22.7 Å². The van der Waals surface area contributed by atoms with Crippen LogP contribution in [-0.2, 0) is 6.37 Å². The van der Waals surface area contributed by atoms with Gasteiger partial charge in [-0.2, -0.15) is 0 Å². The lowest BCUT2D eigenvalue weighted by atomic mass is 10.4. The van der Waals surface area contributed by atoms with Crippen molar-refractivity contribution in [3.63, 3.8) is 0 Å². The first-order valence-corrected chi connectivity index (χ1v) is 3.04. The van der Waals surface area contributed by atoms with E-state index in [0.717, 1.165) is 0 Å². The summed E-state index contributed by atoms with van der Waals surface area (Å²) in [7, 11) is 0. The Morgan fingerprint density at radius 1 is 1.80 bits per heavy atom. The van der Waals surface area contributed by atoms with E-state index in [1.54, 1.807) is 6.92 Å². The van der Waals surface area contributed by atoms with Gasteiger partial charge >= 0.3 is 0 Å². The van der Waals surface area contributed by atoms with Crippen LogP contribution in [0, 0.1) is 6.92 Å². The lowest BCUT2D eigenvalue weighted by Gasteiger charge is -1.96. The highest BCUT2D eigenvalue weighted by molar-refractivity contribution is 6.29. The third-order valence-corrected chi connectivity index (χ3v) is 1.13. The molecule has 3 heteroatoms. The molecule has 0 spiro atoms. The zero-order chi connectivity index (χ0) is 11.9. The second-order valence-corrected chi connectivity index (χ2v) is 2.17. The maximum atomic E-state index is 7.43. The van der Waals surface area contributed by atoms with E-state index < -0.39 is 19.0 Å². The van der Waals surface area contributed by atoms with Crippen LogP contribution in [0.25, 0.3) is 0 Å². The third kappa shape index (κ3) is 1.67. The van der Waals surface area contributed by atoms with Crippen molar-refractivity contribution in [2.75, 3.05) is 0 Å². The molecule has 0 aromatic carbocycles. The highest BCUT2D eigenvalue weighted by atomic mass is 35.5. The molecule has 0 saturated heterocycles. The van der Waals surface area contributed by atoms with E-state index in [-0.39, 0.29) is 5.15 Å². The summed E-state index contributed by atoms with van der Waals surface area (Å²) in [6, 6.07) is 1.43. The van der Waals surface area contributed by atoms with Crippen molar-refractivity contribution in [1.82, 2.24) is 9.97 Å². The smallest absolute Gasteiger partial charge is 0.133 e. The Morgan fingerprint density at radius 2 is 2.60 bits per heavy atom. The van der Waals surface area contributed by atoms with Crippen molar-refractivity contribution in [1.29, 1.82) is 0 Å². The predicted octanol–water partition coefficient (Wildman–Crippen LogP) is 2.00. The van der Waals surface area contributed by atoms with Crippen LogP contribution in [0.5, 0.6) is 0 Å². The minimum atomic E-state index is -2.82. The molecule has 2 nitrogen and oxygen atoms in total. The summed E-state index contributed by atoms with van der Waals surface area (Å²) in [6.07, 6.45) is -2.59. The van der Waals surface area contributed by atoms with E-state index in [1.165, 1.54) is 6.07 Å². The Bertz CT molecular complexity index is 356. The van der Waals surface area contributed by atoms with Gasteiger partial charge in [0.2, 0.25) is 0 Å². The number of hydrogen-bond donors (Lipinski definition) is 0. The fourth-order valence-corrected chi connectivity index (χ4v) is 0.824. The van der Waals surface area contributed by atoms with E-state index in [1.807, 2.05) is 0 Å². The molecule has 1 heterocycles. The molecule has 0 radical (unpaired) electrons. The van der Waals surface area contributed by atoms with E-state index in [0.29, 0.717) is 5.69 Å². The minimum absolute atomic E-state index is 0.0330. The van der Waals surface area contributed by atoms with Crippen molar-refractivity contribution in [2.45, 2.75) is 20.1 Å². The number of nitrogens with zero attached hydrogens (tertiary/aromatic N) is 2. The topological polar surface area (TPSA) is 25.8 Å². The molecule has 0 aliphatic rings. The molecule has 54 valence electrons. The maximum Gasteiger partial charge on any atom is 0.133 e. The fraction of sp³-hybridized carbons (Fsp3) is 0.429. The molecule has 1 aromatic heterocycles. The summed E-state index contributed by atoms with van der Waals surface area (Å²) in [5, 5.41) is 0.0330. The second kappa shape index (κ2) is 2.97. The van der Waals surface area contributed by atoms with Crippen LogP contribution in [0.2, 0.25) is 5.15 Å². The quantitative estimate of drug-likeness (QED) is 0.589. The molecule has 0 N–H and O–H groups in total. The normalized spacial score (nSPS) is 20.0. The van der Waals surface area contributed by atoms with Crippen molar-refractivity contribution in [2.24, 2.45) is 0 Å². The maximum absolute atomic E-state index is 7.43. The summed E-state index contributed by atoms with van der Waals surface area (Å²) < 4.78 is 36.0. The van der Waals surface area contributed by atoms with Gasteiger partial charge in [-0.1, -0.05) is 18.5 Å². The molecule has 0 aliphatic heterocycles. The molecule has 0 amide bonds. The fourth-order valence-electron chi connectivity index (χ4n) is 0.586. The van der Waals surface area contributed by atoms with Gasteiger partial charge < -0.3 is 0 Å². The standard InChI is InChI=1S/C7H9ClN2/c1-3-7-9-5(2)4-6(8)10-7/h4H,3H2,1-2H3/i1D3,3D2. The number of hydrogen-bond acceptors (Lipinski definition) is 2. The molecule has 0 bridgehead atoms. The Kier molecular flexibility index (Phi) is 0.944. The first kappa shape index (κ1) is 3.18. The molecular formula is C7H9ClN2. The Hall–Kier alpha value is -0.630. The van der Waals surface area contributed by atoms with E-state index >= 15 is 0 Å². The molecule has 1 aromatic rings. The van der Waals surface area contributed by atoms with Crippen molar-refractivity contribution >= 4 is 11.6 Å². The highest BCUT2D eigenvalue weighted by Crippen LogP contribution is 2.05. The van der Waals surface area contributed by atoms with Crippen LogP contribution in [0.4, 0.5) is 0 Å². The number of aryl methyl sites for hydroxylation is 2. The number of rotatable bonds is 1. The second-order valence-electron chi connectivity index (χ2n) is 1.78. The molecule has 0 atom stereocenters. The van der Waals surface area contributed by atoms with Gasteiger partial charge in [-0.3, -0.25) is 0 Å². The van der Waals surface area contributed by atoms with Crippen molar-refractivity contribution < 1.29 is 6.85 Å². The highest BCUT2D eigenvalue weighted by Gasteiger charge is 1.95. The largest absolute Gasteiger partial charge is 0.238 e. The van der Waals surface area contributed by atoms with Gasteiger partial charge in [0.15, 0.2) is 0 Å². The Morgan fingerprint density at radius 3 is 3.20 bits per heavy atom. The first-order valence-electron chi connectivity index (χ1n) is 5.16. The molecule has 0 fully saturated rings. The van der Waals surface area contributed by atoms with Crippen LogP contribution in [-0.4, -0.2) is 9.97 Å². The molecule has 0 unspecified atom stereocenters. The summed E-state index contributed by atoms with van der Waals surface area (Å²) in [5.41, 5.74) is 0.429. The zero-order valence-corrected chi connectivity index (χ0v) is 6.11. The minimum Gasteiger partial charge on any atom is -0.238 e. The van der Waals surface area contributed by atoms with E-state index in [2.05, 4.69) is 9.97 Å². The van der Waals surface area contributed by atoms with Gasteiger partial charge in [0.25, 0.3) is 0 Å². The molecule has 10 heavy (non-hydrogen) atoms. The molecule has 1 rings (SSSR count). The summed E-state index contributed by atoms with van der Waals surface area (Å²) in [6.45, 7) is -1.23. The Labute approximate surface area is 72.3 Å². The van der Waals surface area contributed by atoms with E-state index in [4.69, 9.17) is 18.5 Å². The molecule has 0 saturated carbocycles. The SMILES string of the molecule is [2H]C([2H])([2H])C([2H])([2H])c1nc(C)cc(Cl)n1.